The molecule has 0 aromatic heterocycles. The molecule has 1 amide bonds. The number of hydrogen-bond donors (Lipinski definition) is 2. The number of anilines is 1. The van der Waals surface area contributed by atoms with E-state index in [-0.39, 0.29) is 18.3 Å². The number of benzene rings is 2. The standard InChI is InChI=1S/C17H19BrN2O4/c1-3-23-16-6-4-5-15(20(19)11(2)21)13(16)10-24-17-8-7-12(22)9-14(17)18/h4-9,22H,3,10,19H2,1-2H3. The fourth-order valence-corrected chi connectivity index (χ4v) is 2.62. The Morgan fingerprint density at radius 2 is 2.00 bits per heavy atom. The van der Waals surface area contributed by atoms with E-state index >= 15 is 0 Å². The first kappa shape index (κ1) is 18.1. The minimum Gasteiger partial charge on any atom is -0.508 e. The number of nitrogens with two attached hydrogens (primary N) is 1. The number of halogens is 1. The lowest BCUT2D eigenvalue weighted by Gasteiger charge is -2.21. The van der Waals surface area contributed by atoms with Crippen LogP contribution in [0.4, 0.5) is 5.69 Å². The first-order valence-corrected chi connectivity index (χ1v) is 8.14. The first-order valence-electron chi connectivity index (χ1n) is 7.35. The second kappa shape index (κ2) is 8.03. The third-order valence-corrected chi connectivity index (χ3v) is 3.91. The number of carbonyl (C=O) groups is 1. The molecule has 0 radical (unpaired) electrons. The highest BCUT2D eigenvalue weighted by Crippen LogP contribution is 2.33. The van der Waals surface area contributed by atoms with Crippen molar-refractivity contribution in [2.24, 2.45) is 5.84 Å². The highest BCUT2D eigenvalue weighted by Gasteiger charge is 2.17. The van der Waals surface area contributed by atoms with E-state index in [2.05, 4.69) is 15.9 Å². The van der Waals surface area contributed by atoms with Crippen LogP contribution in [0.2, 0.25) is 0 Å². The van der Waals surface area contributed by atoms with Crippen molar-refractivity contribution in [3.8, 4) is 17.2 Å². The van der Waals surface area contributed by atoms with Crippen LogP contribution in [0.25, 0.3) is 0 Å². The van der Waals surface area contributed by atoms with E-state index < -0.39 is 0 Å². The van der Waals surface area contributed by atoms with Crippen LogP contribution < -0.4 is 20.3 Å². The molecule has 2 rings (SSSR count). The largest absolute Gasteiger partial charge is 0.508 e. The second-order valence-corrected chi connectivity index (χ2v) is 5.83. The summed E-state index contributed by atoms with van der Waals surface area (Å²) >= 11 is 3.34. The van der Waals surface area contributed by atoms with Crippen molar-refractivity contribution in [3.63, 3.8) is 0 Å². The van der Waals surface area contributed by atoms with Crippen LogP contribution in [0.3, 0.4) is 0 Å². The summed E-state index contributed by atoms with van der Waals surface area (Å²) in [5, 5.41) is 10.5. The summed E-state index contributed by atoms with van der Waals surface area (Å²) in [5.41, 5.74) is 1.18. The van der Waals surface area contributed by atoms with Gasteiger partial charge in [-0.3, -0.25) is 4.79 Å². The van der Waals surface area contributed by atoms with Crippen LogP contribution in [-0.2, 0) is 11.4 Å². The van der Waals surface area contributed by atoms with Crippen molar-refractivity contribution in [3.05, 3.63) is 46.4 Å². The Labute approximate surface area is 148 Å². The Kier molecular flexibility index (Phi) is 6.05. The van der Waals surface area contributed by atoms with E-state index in [1.165, 1.54) is 19.1 Å². The molecule has 2 aromatic carbocycles. The average Bonchev–Trinajstić information content (AvgIpc) is 2.54. The number of amides is 1. The zero-order chi connectivity index (χ0) is 17.7. The Morgan fingerprint density at radius 3 is 2.62 bits per heavy atom. The van der Waals surface area contributed by atoms with Crippen LogP contribution in [0.5, 0.6) is 17.2 Å². The van der Waals surface area contributed by atoms with E-state index in [1.54, 1.807) is 24.3 Å². The molecular weight excluding hydrogens is 376 g/mol. The number of phenolic OH excluding ortho intramolecular Hbond substituents is 1. The molecule has 0 heterocycles. The minimum absolute atomic E-state index is 0.134. The van der Waals surface area contributed by atoms with E-state index in [0.29, 0.717) is 33.8 Å². The van der Waals surface area contributed by atoms with Gasteiger partial charge in [-0.2, -0.15) is 0 Å². The van der Waals surface area contributed by atoms with Crippen molar-refractivity contribution in [2.75, 3.05) is 11.6 Å². The molecule has 0 spiro atoms. The Balaban J connectivity index is 2.34. The molecule has 24 heavy (non-hydrogen) atoms. The lowest BCUT2D eigenvalue weighted by atomic mass is 10.1. The van der Waals surface area contributed by atoms with Gasteiger partial charge in [0.05, 0.1) is 22.3 Å². The monoisotopic (exact) mass is 394 g/mol. The van der Waals surface area contributed by atoms with Crippen LogP contribution in [0, 0.1) is 0 Å². The predicted octanol–water partition coefficient (Wildman–Crippen LogP) is 3.36. The van der Waals surface area contributed by atoms with Crippen molar-refractivity contribution >= 4 is 27.5 Å². The van der Waals surface area contributed by atoms with Gasteiger partial charge in [-0.25, -0.2) is 10.9 Å². The molecule has 0 unspecified atom stereocenters. The van der Waals surface area contributed by atoms with E-state index in [4.69, 9.17) is 15.3 Å². The smallest absolute Gasteiger partial charge is 0.238 e. The summed E-state index contributed by atoms with van der Waals surface area (Å²) < 4.78 is 12.0. The van der Waals surface area contributed by atoms with Gasteiger partial charge in [0.1, 0.15) is 23.9 Å². The van der Waals surface area contributed by atoms with E-state index in [0.717, 1.165) is 5.01 Å². The van der Waals surface area contributed by atoms with E-state index in [1.807, 2.05) is 6.92 Å². The van der Waals surface area contributed by atoms with Gasteiger partial charge >= 0.3 is 0 Å². The minimum atomic E-state index is -0.296. The fraction of sp³-hybridized carbons (Fsp3) is 0.235. The van der Waals surface area contributed by atoms with Gasteiger partial charge in [0.15, 0.2) is 0 Å². The summed E-state index contributed by atoms with van der Waals surface area (Å²) in [6.07, 6.45) is 0. The summed E-state index contributed by atoms with van der Waals surface area (Å²) in [5.74, 6) is 6.84. The molecule has 0 atom stereocenters. The Morgan fingerprint density at radius 1 is 1.25 bits per heavy atom. The maximum Gasteiger partial charge on any atom is 0.238 e. The third-order valence-electron chi connectivity index (χ3n) is 3.29. The predicted molar refractivity (Wildman–Crippen MR) is 95.1 cm³/mol. The van der Waals surface area contributed by atoms with Crippen LogP contribution in [0.15, 0.2) is 40.9 Å². The molecular formula is C17H19BrN2O4. The van der Waals surface area contributed by atoms with Gasteiger partial charge < -0.3 is 14.6 Å². The maximum atomic E-state index is 11.6. The fourth-order valence-electron chi connectivity index (χ4n) is 2.14. The molecule has 7 heteroatoms. The number of rotatable bonds is 6. The van der Waals surface area contributed by atoms with Gasteiger partial charge in [0.25, 0.3) is 0 Å². The molecule has 0 saturated carbocycles. The molecule has 0 bridgehead atoms. The molecule has 0 saturated heterocycles. The number of nitrogens with zero attached hydrogens (tertiary/aromatic N) is 1. The molecule has 0 fully saturated rings. The molecule has 0 aliphatic rings. The number of aromatic hydroxyl groups is 1. The Hall–Kier alpha value is -2.25. The van der Waals surface area contributed by atoms with Crippen molar-refractivity contribution in [1.82, 2.24) is 0 Å². The highest BCUT2D eigenvalue weighted by atomic mass is 79.9. The number of phenols is 1. The summed E-state index contributed by atoms with van der Waals surface area (Å²) in [6, 6.07) is 10.0. The first-order chi connectivity index (χ1) is 11.4. The SMILES string of the molecule is CCOc1cccc(N(N)C(C)=O)c1COc1ccc(O)cc1Br. The quantitative estimate of drug-likeness (QED) is 0.445. The van der Waals surface area contributed by atoms with Gasteiger partial charge in [0, 0.05) is 6.92 Å². The molecule has 2 aromatic rings. The molecule has 0 aliphatic heterocycles. The number of hydrazine groups is 1. The zero-order valence-electron chi connectivity index (χ0n) is 13.5. The molecule has 0 aliphatic carbocycles. The molecule has 6 nitrogen and oxygen atoms in total. The zero-order valence-corrected chi connectivity index (χ0v) is 15.0. The average molecular weight is 395 g/mol. The number of hydrogen-bond acceptors (Lipinski definition) is 5. The number of ether oxygens (including phenoxy) is 2. The van der Waals surface area contributed by atoms with Gasteiger partial charge in [0.2, 0.25) is 5.91 Å². The van der Waals surface area contributed by atoms with Crippen molar-refractivity contribution in [1.29, 1.82) is 0 Å². The van der Waals surface area contributed by atoms with Gasteiger partial charge in [-0.15, -0.1) is 0 Å². The topological polar surface area (TPSA) is 85.0 Å². The van der Waals surface area contributed by atoms with Crippen molar-refractivity contribution in [2.45, 2.75) is 20.5 Å². The van der Waals surface area contributed by atoms with Crippen LogP contribution in [0.1, 0.15) is 19.4 Å². The summed E-state index contributed by atoms with van der Waals surface area (Å²) in [6.45, 7) is 3.88. The van der Waals surface area contributed by atoms with Crippen molar-refractivity contribution < 1.29 is 19.4 Å². The summed E-state index contributed by atoms with van der Waals surface area (Å²) in [4.78, 5) is 11.6. The van der Waals surface area contributed by atoms with Crippen LogP contribution in [-0.4, -0.2) is 17.6 Å². The lowest BCUT2D eigenvalue weighted by Crippen LogP contribution is -2.36. The van der Waals surface area contributed by atoms with Gasteiger partial charge in [-0.1, -0.05) is 6.07 Å². The summed E-state index contributed by atoms with van der Waals surface area (Å²) in [7, 11) is 0. The van der Waals surface area contributed by atoms with E-state index in [9.17, 15) is 9.90 Å². The lowest BCUT2D eigenvalue weighted by molar-refractivity contribution is -0.116. The van der Waals surface area contributed by atoms with Crippen LogP contribution >= 0.6 is 15.9 Å². The highest BCUT2D eigenvalue weighted by molar-refractivity contribution is 9.10. The molecule has 128 valence electrons. The Bertz CT molecular complexity index is 737. The third kappa shape index (κ3) is 4.18. The number of carbonyl (C=O) groups excluding carboxylic acids is 1. The van der Waals surface area contributed by atoms with Gasteiger partial charge in [-0.05, 0) is 53.2 Å². The molecule has 3 N–H and O–H groups in total. The second-order valence-electron chi connectivity index (χ2n) is 4.98. The maximum absolute atomic E-state index is 11.6. The normalized spacial score (nSPS) is 10.3.